The summed E-state index contributed by atoms with van der Waals surface area (Å²) in [7, 11) is 0. The van der Waals surface area contributed by atoms with Crippen LogP contribution in [0.1, 0.15) is 72.1 Å². The van der Waals surface area contributed by atoms with E-state index in [2.05, 4.69) is 26.1 Å². The van der Waals surface area contributed by atoms with Crippen LogP contribution < -0.4 is 5.32 Å². The first kappa shape index (κ1) is 13.0. The monoisotopic (exact) mass is 211 g/mol. The lowest BCUT2D eigenvalue weighted by Gasteiger charge is -2.34. The Labute approximate surface area is 96.0 Å². The van der Waals surface area contributed by atoms with Crippen molar-refractivity contribution < 1.29 is 0 Å². The van der Waals surface area contributed by atoms with Gasteiger partial charge < -0.3 is 5.32 Å². The molecule has 3 unspecified atom stereocenters. The van der Waals surface area contributed by atoms with E-state index >= 15 is 0 Å². The molecule has 15 heavy (non-hydrogen) atoms. The maximum absolute atomic E-state index is 3.85. The standard InChI is InChI=1S/C14H29N/c1-4-6-9-12(3)15-14-11-8-7-10-13(14)5-2/h12-15H,4-11H2,1-3H3. The lowest BCUT2D eigenvalue weighted by molar-refractivity contribution is 0.236. The van der Waals surface area contributed by atoms with Gasteiger partial charge >= 0.3 is 0 Å². The molecule has 0 heterocycles. The third-order valence-electron chi connectivity index (χ3n) is 3.92. The van der Waals surface area contributed by atoms with Gasteiger partial charge in [0.1, 0.15) is 0 Å². The van der Waals surface area contributed by atoms with Crippen LogP contribution in [0.3, 0.4) is 0 Å². The average Bonchev–Trinajstić information content (AvgIpc) is 2.27. The lowest BCUT2D eigenvalue weighted by Crippen LogP contribution is -2.43. The maximum Gasteiger partial charge on any atom is 0.00976 e. The van der Waals surface area contributed by atoms with Crippen molar-refractivity contribution in [3.8, 4) is 0 Å². The van der Waals surface area contributed by atoms with Gasteiger partial charge in [-0.05, 0) is 32.1 Å². The largest absolute Gasteiger partial charge is 0.311 e. The fourth-order valence-electron chi connectivity index (χ4n) is 2.87. The van der Waals surface area contributed by atoms with E-state index in [-0.39, 0.29) is 0 Å². The van der Waals surface area contributed by atoms with Gasteiger partial charge in [-0.1, -0.05) is 46.0 Å². The number of unbranched alkanes of at least 4 members (excludes halogenated alkanes) is 1. The van der Waals surface area contributed by atoms with Gasteiger partial charge in [0.25, 0.3) is 0 Å². The van der Waals surface area contributed by atoms with Crippen LogP contribution in [-0.2, 0) is 0 Å². The van der Waals surface area contributed by atoms with E-state index < -0.39 is 0 Å². The molecule has 0 radical (unpaired) electrons. The second-order valence-electron chi connectivity index (χ2n) is 5.27. The molecular formula is C14H29N. The predicted molar refractivity (Wildman–Crippen MR) is 68.2 cm³/mol. The van der Waals surface area contributed by atoms with E-state index in [4.69, 9.17) is 0 Å². The van der Waals surface area contributed by atoms with Crippen molar-refractivity contribution in [1.82, 2.24) is 5.32 Å². The van der Waals surface area contributed by atoms with Crippen molar-refractivity contribution in [3.05, 3.63) is 0 Å². The molecule has 1 nitrogen and oxygen atoms in total. The van der Waals surface area contributed by atoms with Crippen molar-refractivity contribution in [3.63, 3.8) is 0 Å². The molecule has 1 aliphatic carbocycles. The third kappa shape index (κ3) is 4.55. The maximum atomic E-state index is 3.85. The predicted octanol–water partition coefficient (Wildman–Crippen LogP) is 4.12. The Morgan fingerprint density at radius 1 is 1.20 bits per heavy atom. The van der Waals surface area contributed by atoms with Crippen molar-refractivity contribution in [2.45, 2.75) is 84.2 Å². The van der Waals surface area contributed by atoms with E-state index in [0.29, 0.717) is 0 Å². The summed E-state index contributed by atoms with van der Waals surface area (Å²) in [6.07, 6.45) is 11.2. The fourth-order valence-corrected chi connectivity index (χ4v) is 2.87. The van der Waals surface area contributed by atoms with E-state index in [0.717, 1.165) is 18.0 Å². The Morgan fingerprint density at radius 3 is 2.60 bits per heavy atom. The summed E-state index contributed by atoms with van der Waals surface area (Å²) in [5.41, 5.74) is 0. The van der Waals surface area contributed by atoms with Gasteiger partial charge in [-0.15, -0.1) is 0 Å². The zero-order chi connectivity index (χ0) is 11.1. The van der Waals surface area contributed by atoms with Crippen molar-refractivity contribution in [1.29, 1.82) is 0 Å². The normalized spacial score (nSPS) is 29.0. The Kier molecular flexibility index (Phi) is 6.31. The second-order valence-corrected chi connectivity index (χ2v) is 5.27. The van der Waals surface area contributed by atoms with E-state index in [9.17, 15) is 0 Å². The first-order valence-electron chi connectivity index (χ1n) is 7.04. The zero-order valence-corrected chi connectivity index (χ0v) is 10.9. The minimum Gasteiger partial charge on any atom is -0.311 e. The highest BCUT2D eigenvalue weighted by atomic mass is 15.0. The van der Waals surface area contributed by atoms with Crippen molar-refractivity contribution in [2.24, 2.45) is 5.92 Å². The summed E-state index contributed by atoms with van der Waals surface area (Å²) in [5, 5.41) is 3.85. The molecule has 1 fully saturated rings. The molecule has 1 saturated carbocycles. The third-order valence-corrected chi connectivity index (χ3v) is 3.92. The average molecular weight is 211 g/mol. The summed E-state index contributed by atoms with van der Waals surface area (Å²) < 4.78 is 0. The highest BCUT2D eigenvalue weighted by Gasteiger charge is 2.24. The molecular weight excluding hydrogens is 182 g/mol. The van der Waals surface area contributed by atoms with Gasteiger partial charge in [-0.3, -0.25) is 0 Å². The zero-order valence-electron chi connectivity index (χ0n) is 10.9. The summed E-state index contributed by atoms with van der Waals surface area (Å²) in [5.74, 6) is 0.947. The molecule has 0 aromatic carbocycles. The van der Waals surface area contributed by atoms with E-state index in [1.165, 1.54) is 51.4 Å². The van der Waals surface area contributed by atoms with Crippen LogP contribution in [0.4, 0.5) is 0 Å². The van der Waals surface area contributed by atoms with Crippen LogP contribution >= 0.6 is 0 Å². The fraction of sp³-hybridized carbons (Fsp3) is 1.00. The minimum absolute atomic E-state index is 0.724. The highest BCUT2D eigenvalue weighted by molar-refractivity contribution is 4.82. The molecule has 3 atom stereocenters. The van der Waals surface area contributed by atoms with Crippen LogP contribution in [0.2, 0.25) is 0 Å². The molecule has 0 spiro atoms. The minimum atomic E-state index is 0.724. The van der Waals surface area contributed by atoms with Gasteiger partial charge in [0.2, 0.25) is 0 Å². The Bertz CT molecular complexity index is 155. The number of rotatable bonds is 6. The SMILES string of the molecule is CCCCC(C)NC1CCCCC1CC. The molecule has 0 saturated heterocycles. The summed E-state index contributed by atoms with van der Waals surface area (Å²) in [4.78, 5) is 0. The number of hydrogen-bond donors (Lipinski definition) is 1. The lowest BCUT2D eigenvalue weighted by atomic mass is 9.82. The Balaban J connectivity index is 2.27. The molecule has 1 N–H and O–H groups in total. The van der Waals surface area contributed by atoms with E-state index in [1.54, 1.807) is 0 Å². The molecule has 1 heteroatoms. The van der Waals surface area contributed by atoms with Crippen molar-refractivity contribution in [2.75, 3.05) is 0 Å². The Hall–Kier alpha value is -0.0400. The highest BCUT2D eigenvalue weighted by Crippen LogP contribution is 2.27. The molecule has 0 aromatic rings. The first-order chi connectivity index (χ1) is 7.27. The van der Waals surface area contributed by atoms with Crippen molar-refractivity contribution >= 4 is 0 Å². The number of nitrogens with one attached hydrogen (secondary N) is 1. The molecule has 1 aliphatic rings. The molecule has 0 bridgehead atoms. The summed E-state index contributed by atoms with van der Waals surface area (Å²) in [6.45, 7) is 6.99. The van der Waals surface area contributed by atoms with Crippen LogP contribution in [0.25, 0.3) is 0 Å². The molecule has 90 valence electrons. The van der Waals surface area contributed by atoms with Gasteiger partial charge in [0.05, 0.1) is 0 Å². The molecule has 0 amide bonds. The summed E-state index contributed by atoms with van der Waals surface area (Å²) >= 11 is 0. The first-order valence-corrected chi connectivity index (χ1v) is 7.04. The van der Waals surface area contributed by atoms with E-state index in [1.807, 2.05) is 0 Å². The van der Waals surface area contributed by atoms with Gasteiger partial charge in [0.15, 0.2) is 0 Å². The van der Waals surface area contributed by atoms with Gasteiger partial charge in [0, 0.05) is 12.1 Å². The molecule has 1 rings (SSSR count). The van der Waals surface area contributed by atoms with Gasteiger partial charge in [-0.25, -0.2) is 0 Å². The number of hydrogen-bond acceptors (Lipinski definition) is 1. The smallest absolute Gasteiger partial charge is 0.00976 e. The topological polar surface area (TPSA) is 12.0 Å². The molecule has 0 aromatic heterocycles. The second kappa shape index (κ2) is 7.27. The van der Waals surface area contributed by atoms with Gasteiger partial charge in [-0.2, -0.15) is 0 Å². The van der Waals surface area contributed by atoms with Crippen LogP contribution in [-0.4, -0.2) is 12.1 Å². The molecule has 0 aliphatic heterocycles. The van der Waals surface area contributed by atoms with Crippen LogP contribution in [0.5, 0.6) is 0 Å². The van der Waals surface area contributed by atoms with Crippen LogP contribution in [0, 0.1) is 5.92 Å². The van der Waals surface area contributed by atoms with Crippen LogP contribution in [0.15, 0.2) is 0 Å². The summed E-state index contributed by atoms with van der Waals surface area (Å²) in [6, 6.07) is 1.54. The quantitative estimate of drug-likeness (QED) is 0.697. The Morgan fingerprint density at radius 2 is 1.93 bits per heavy atom.